The maximum Gasteiger partial charge on any atom is 0.223 e. The fraction of sp³-hybridized carbons (Fsp3) is 0.810. The van der Waals surface area contributed by atoms with E-state index in [9.17, 15) is 9.59 Å². The maximum absolute atomic E-state index is 12.7. The van der Waals surface area contributed by atoms with Gasteiger partial charge in [0, 0.05) is 32.0 Å². The number of amides is 2. The average Bonchev–Trinajstić information content (AvgIpc) is 3.47. The van der Waals surface area contributed by atoms with E-state index in [4.69, 9.17) is 4.74 Å². The SMILES string of the molecule is CC1=C[C@@H](CNC(=O)C2CC2)[C@H](C(C)C)C[C@H]1CC(=O)N1CCOCC1. The molecule has 0 aromatic carbocycles. The van der Waals surface area contributed by atoms with Gasteiger partial charge in [-0.15, -0.1) is 0 Å². The lowest BCUT2D eigenvalue weighted by molar-refractivity contribution is -0.136. The van der Waals surface area contributed by atoms with Crippen LogP contribution >= 0.6 is 0 Å². The second-order valence-electron chi connectivity index (χ2n) is 8.63. The molecule has 26 heavy (non-hydrogen) atoms. The van der Waals surface area contributed by atoms with E-state index < -0.39 is 0 Å². The predicted octanol–water partition coefficient (Wildman–Crippen LogP) is 2.62. The molecular weight excluding hydrogens is 328 g/mol. The van der Waals surface area contributed by atoms with Crippen molar-refractivity contribution < 1.29 is 14.3 Å². The maximum atomic E-state index is 12.7. The van der Waals surface area contributed by atoms with Gasteiger partial charge in [-0.3, -0.25) is 9.59 Å². The second-order valence-corrected chi connectivity index (χ2v) is 8.63. The summed E-state index contributed by atoms with van der Waals surface area (Å²) >= 11 is 0. The van der Waals surface area contributed by atoms with E-state index in [1.165, 1.54) is 5.57 Å². The van der Waals surface area contributed by atoms with Gasteiger partial charge in [-0.1, -0.05) is 25.5 Å². The molecule has 1 saturated heterocycles. The van der Waals surface area contributed by atoms with E-state index in [0.29, 0.717) is 43.3 Å². The van der Waals surface area contributed by atoms with Gasteiger partial charge in [0.05, 0.1) is 13.2 Å². The Bertz CT molecular complexity index is 547. The molecule has 0 bridgehead atoms. The first-order chi connectivity index (χ1) is 12.5. The molecule has 5 heteroatoms. The van der Waals surface area contributed by atoms with Crippen molar-refractivity contribution in [2.45, 2.75) is 46.5 Å². The molecule has 0 radical (unpaired) electrons. The zero-order valence-electron chi connectivity index (χ0n) is 16.5. The molecule has 2 aliphatic carbocycles. The van der Waals surface area contributed by atoms with Crippen LogP contribution in [0.15, 0.2) is 11.6 Å². The minimum absolute atomic E-state index is 0.225. The largest absolute Gasteiger partial charge is 0.378 e. The molecule has 5 nitrogen and oxygen atoms in total. The predicted molar refractivity (Wildman–Crippen MR) is 101 cm³/mol. The number of nitrogens with one attached hydrogen (secondary N) is 1. The van der Waals surface area contributed by atoms with Crippen molar-refractivity contribution in [3.63, 3.8) is 0 Å². The van der Waals surface area contributed by atoms with Crippen LogP contribution in [0.4, 0.5) is 0 Å². The molecule has 3 aliphatic rings. The molecular formula is C21H34N2O3. The van der Waals surface area contributed by atoms with E-state index in [0.717, 1.165) is 38.9 Å². The highest BCUT2D eigenvalue weighted by Gasteiger charge is 2.35. The van der Waals surface area contributed by atoms with Gasteiger partial charge in [0.1, 0.15) is 0 Å². The van der Waals surface area contributed by atoms with Crippen molar-refractivity contribution in [3.05, 3.63) is 11.6 Å². The Morgan fingerprint density at radius 2 is 1.96 bits per heavy atom. The molecule has 1 heterocycles. The van der Waals surface area contributed by atoms with E-state index >= 15 is 0 Å². The summed E-state index contributed by atoms with van der Waals surface area (Å²) in [5.41, 5.74) is 1.31. The highest BCUT2D eigenvalue weighted by Crippen LogP contribution is 2.39. The molecule has 3 atom stereocenters. The molecule has 2 fully saturated rings. The third-order valence-corrected chi connectivity index (χ3v) is 6.33. The smallest absolute Gasteiger partial charge is 0.223 e. The summed E-state index contributed by atoms with van der Waals surface area (Å²) in [6, 6.07) is 0. The number of carbonyl (C=O) groups excluding carboxylic acids is 2. The summed E-state index contributed by atoms with van der Waals surface area (Å²) in [5, 5.41) is 3.15. The Morgan fingerprint density at radius 1 is 1.27 bits per heavy atom. The molecule has 2 amide bonds. The van der Waals surface area contributed by atoms with Gasteiger partial charge < -0.3 is 15.0 Å². The normalized spacial score (nSPS) is 29.5. The van der Waals surface area contributed by atoms with Crippen LogP contribution in [-0.2, 0) is 14.3 Å². The Morgan fingerprint density at radius 3 is 2.58 bits per heavy atom. The molecule has 1 saturated carbocycles. The summed E-state index contributed by atoms with van der Waals surface area (Å²) < 4.78 is 5.35. The van der Waals surface area contributed by atoms with Crippen molar-refractivity contribution in [2.75, 3.05) is 32.8 Å². The van der Waals surface area contributed by atoms with E-state index in [1.807, 2.05) is 4.90 Å². The number of nitrogens with zero attached hydrogens (tertiary/aromatic N) is 1. The van der Waals surface area contributed by atoms with Crippen LogP contribution in [0.1, 0.15) is 46.5 Å². The first-order valence-electron chi connectivity index (χ1n) is 10.3. The van der Waals surface area contributed by atoms with Crippen LogP contribution < -0.4 is 5.32 Å². The first-order valence-corrected chi connectivity index (χ1v) is 10.3. The third-order valence-electron chi connectivity index (χ3n) is 6.33. The molecule has 3 rings (SSSR count). The van der Waals surface area contributed by atoms with Gasteiger partial charge in [0.15, 0.2) is 0 Å². The Kier molecular flexibility index (Phi) is 6.38. The lowest BCUT2D eigenvalue weighted by Crippen LogP contribution is -2.42. The summed E-state index contributed by atoms with van der Waals surface area (Å²) in [5.74, 6) is 2.52. The van der Waals surface area contributed by atoms with Crippen molar-refractivity contribution in [2.24, 2.45) is 29.6 Å². The van der Waals surface area contributed by atoms with Gasteiger partial charge in [-0.05, 0) is 49.9 Å². The standard InChI is InChI=1S/C21H34N2O3/c1-14(2)19-11-17(12-20(24)23-6-8-26-9-7-23)15(3)10-18(19)13-22-21(25)16-4-5-16/h10,14,16-19H,4-9,11-13H2,1-3H3,(H,22,25)/t17-,18-,19-/m0/s1. The number of ether oxygens (including phenoxy) is 1. The molecule has 0 unspecified atom stereocenters. The summed E-state index contributed by atoms with van der Waals surface area (Å²) in [7, 11) is 0. The highest BCUT2D eigenvalue weighted by atomic mass is 16.5. The van der Waals surface area contributed by atoms with Gasteiger partial charge in [0.25, 0.3) is 0 Å². The quantitative estimate of drug-likeness (QED) is 0.739. The summed E-state index contributed by atoms with van der Waals surface area (Å²) in [6.45, 7) is 10.2. The van der Waals surface area contributed by atoms with Crippen LogP contribution in [0.3, 0.4) is 0 Å². The van der Waals surface area contributed by atoms with Crippen LogP contribution in [0.5, 0.6) is 0 Å². The lowest BCUT2D eigenvalue weighted by atomic mass is 9.69. The number of carbonyl (C=O) groups is 2. The van der Waals surface area contributed by atoms with Crippen molar-refractivity contribution >= 4 is 11.8 Å². The monoisotopic (exact) mass is 362 g/mol. The average molecular weight is 363 g/mol. The Labute approximate surface area is 157 Å². The highest BCUT2D eigenvalue weighted by molar-refractivity contribution is 5.80. The minimum Gasteiger partial charge on any atom is -0.378 e. The van der Waals surface area contributed by atoms with Crippen molar-refractivity contribution in [1.29, 1.82) is 0 Å². The Hall–Kier alpha value is -1.36. The number of morpholine rings is 1. The molecule has 146 valence electrons. The summed E-state index contributed by atoms with van der Waals surface area (Å²) in [6.07, 6.45) is 6.07. The number of hydrogen-bond acceptors (Lipinski definition) is 3. The minimum atomic E-state index is 0.225. The molecule has 0 aromatic heterocycles. The molecule has 0 spiro atoms. The van der Waals surface area contributed by atoms with Gasteiger partial charge in [0.2, 0.25) is 11.8 Å². The number of hydrogen-bond donors (Lipinski definition) is 1. The topological polar surface area (TPSA) is 58.6 Å². The second kappa shape index (κ2) is 8.55. The first kappa shape index (κ1) is 19.4. The molecule has 1 aliphatic heterocycles. The zero-order valence-corrected chi connectivity index (χ0v) is 16.5. The van der Waals surface area contributed by atoms with E-state index in [1.54, 1.807) is 0 Å². The van der Waals surface area contributed by atoms with Crippen molar-refractivity contribution in [1.82, 2.24) is 10.2 Å². The third kappa shape index (κ3) is 4.87. The number of rotatable bonds is 6. The van der Waals surface area contributed by atoms with E-state index in [-0.39, 0.29) is 17.7 Å². The van der Waals surface area contributed by atoms with Crippen LogP contribution in [0.2, 0.25) is 0 Å². The molecule has 0 aromatic rings. The molecule has 1 N–H and O–H groups in total. The van der Waals surface area contributed by atoms with Crippen LogP contribution in [-0.4, -0.2) is 49.6 Å². The van der Waals surface area contributed by atoms with Crippen molar-refractivity contribution in [3.8, 4) is 0 Å². The number of allylic oxidation sites excluding steroid dienone is 1. The fourth-order valence-corrected chi connectivity index (χ4v) is 4.37. The van der Waals surface area contributed by atoms with Crippen LogP contribution in [0.25, 0.3) is 0 Å². The fourth-order valence-electron chi connectivity index (χ4n) is 4.37. The van der Waals surface area contributed by atoms with Gasteiger partial charge in [-0.2, -0.15) is 0 Å². The van der Waals surface area contributed by atoms with Gasteiger partial charge >= 0.3 is 0 Å². The van der Waals surface area contributed by atoms with Crippen LogP contribution in [0, 0.1) is 29.6 Å². The summed E-state index contributed by atoms with van der Waals surface area (Å²) in [4.78, 5) is 26.6. The lowest BCUT2D eigenvalue weighted by Gasteiger charge is -2.38. The Balaban J connectivity index is 1.60. The van der Waals surface area contributed by atoms with E-state index in [2.05, 4.69) is 32.2 Å². The van der Waals surface area contributed by atoms with Gasteiger partial charge in [-0.25, -0.2) is 0 Å². The zero-order chi connectivity index (χ0) is 18.7.